The first-order chi connectivity index (χ1) is 12.1. The predicted octanol–water partition coefficient (Wildman–Crippen LogP) is 1.90. The number of hydrogen-bond donors (Lipinski definition) is 2. The summed E-state index contributed by atoms with van der Waals surface area (Å²) in [6, 6.07) is 7.91. The highest BCUT2D eigenvalue weighted by Crippen LogP contribution is 2.19. The highest BCUT2D eigenvalue weighted by atomic mass is 35.5. The van der Waals surface area contributed by atoms with Crippen molar-refractivity contribution < 1.29 is 14.3 Å². The van der Waals surface area contributed by atoms with Crippen LogP contribution in [0.3, 0.4) is 0 Å². The average Bonchev–Trinajstić information content (AvgIpc) is 2.65. The zero-order valence-corrected chi connectivity index (χ0v) is 16.2. The third kappa shape index (κ3) is 6.84. The zero-order valence-electron chi connectivity index (χ0n) is 15.4. The van der Waals surface area contributed by atoms with Crippen LogP contribution in [0.1, 0.15) is 37.7 Å². The van der Waals surface area contributed by atoms with Gasteiger partial charge in [0.05, 0.1) is 7.11 Å². The number of benzene rings is 1. The predicted molar refractivity (Wildman–Crippen MR) is 105 cm³/mol. The quantitative estimate of drug-likeness (QED) is 0.718. The maximum absolute atomic E-state index is 12.7. The smallest absolute Gasteiger partial charge is 0.223 e. The van der Waals surface area contributed by atoms with Crippen molar-refractivity contribution in [2.24, 2.45) is 5.73 Å². The Hall–Kier alpha value is -1.79. The molecule has 2 rings (SSSR count). The van der Waals surface area contributed by atoms with Crippen molar-refractivity contribution in [2.45, 2.75) is 44.6 Å². The third-order valence-electron chi connectivity index (χ3n) is 4.62. The molecule has 0 spiro atoms. The van der Waals surface area contributed by atoms with Crippen molar-refractivity contribution in [3.05, 3.63) is 29.8 Å². The standard InChI is InChI=1S/C19H29N3O3.ClH/c1-25-17-7-4-5-15(13-17)8-9-19(24)22-12-3-2-6-16(22)14-21-18(23)10-11-20;/h4-5,7,13,16H,2-3,6,8-12,14,20H2,1H3,(H,21,23);1H. The molecule has 1 aromatic carbocycles. The van der Waals surface area contributed by atoms with Crippen molar-refractivity contribution in [3.63, 3.8) is 0 Å². The van der Waals surface area contributed by atoms with Crippen LogP contribution >= 0.6 is 12.4 Å². The van der Waals surface area contributed by atoms with Crippen molar-refractivity contribution in [2.75, 3.05) is 26.7 Å². The maximum Gasteiger partial charge on any atom is 0.223 e. The van der Waals surface area contributed by atoms with Gasteiger partial charge >= 0.3 is 0 Å². The van der Waals surface area contributed by atoms with Gasteiger partial charge in [-0.1, -0.05) is 12.1 Å². The Morgan fingerprint density at radius 2 is 2.12 bits per heavy atom. The van der Waals surface area contributed by atoms with Crippen molar-refractivity contribution in [1.82, 2.24) is 10.2 Å². The van der Waals surface area contributed by atoms with E-state index < -0.39 is 0 Å². The highest BCUT2D eigenvalue weighted by molar-refractivity contribution is 5.85. The van der Waals surface area contributed by atoms with Crippen LogP contribution in [0.15, 0.2) is 24.3 Å². The van der Waals surface area contributed by atoms with E-state index in [0.717, 1.165) is 37.1 Å². The molecular weight excluding hydrogens is 354 g/mol. The Balaban J connectivity index is 0.00000338. The number of rotatable bonds is 8. The van der Waals surface area contributed by atoms with Gasteiger partial charge in [0.15, 0.2) is 0 Å². The molecule has 0 saturated carbocycles. The summed E-state index contributed by atoms with van der Waals surface area (Å²) in [5, 5.41) is 2.90. The van der Waals surface area contributed by atoms with Gasteiger partial charge in [-0.2, -0.15) is 0 Å². The summed E-state index contributed by atoms with van der Waals surface area (Å²) in [6.45, 7) is 1.64. The molecule has 0 aliphatic carbocycles. The summed E-state index contributed by atoms with van der Waals surface area (Å²) >= 11 is 0. The van der Waals surface area contributed by atoms with E-state index in [1.807, 2.05) is 29.2 Å². The van der Waals surface area contributed by atoms with Gasteiger partial charge < -0.3 is 20.7 Å². The molecule has 0 aromatic heterocycles. The molecule has 1 saturated heterocycles. The minimum Gasteiger partial charge on any atom is -0.497 e. The van der Waals surface area contributed by atoms with Gasteiger partial charge in [0.25, 0.3) is 0 Å². The molecule has 1 aromatic rings. The van der Waals surface area contributed by atoms with Crippen LogP contribution in [0.25, 0.3) is 0 Å². The van der Waals surface area contributed by atoms with Gasteiger partial charge in [0, 0.05) is 38.5 Å². The lowest BCUT2D eigenvalue weighted by atomic mass is 10.0. The van der Waals surface area contributed by atoms with E-state index in [9.17, 15) is 9.59 Å². The van der Waals surface area contributed by atoms with Crippen LogP contribution in [0.4, 0.5) is 0 Å². The van der Waals surface area contributed by atoms with E-state index in [2.05, 4.69) is 5.32 Å². The number of amides is 2. The fraction of sp³-hybridized carbons (Fsp3) is 0.579. The van der Waals surface area contributed by atoms with Gasteiger partial charge in [-0.3, -0.25) is 9.59 Å². The number of aryl methyl sites for hydroxylation is 1. The number of nitrogens with zero attached hydrogens (tertiary/aromatic N) is 1. The first-order valence-corrected chi connectivity index (χ1v) is 9.03. The summed E-state index contributed by atoms with van der Waals surface area (Å²) in [6.07, 6.45) is 4.55. The van der Waals surface area contributed by atoms with E-state index in [4.69, 9.17) is 10.5 Å². The number of nitrogens with two attached hydrogens (primary N) is 1. The van der Waals surface area contributed by atoms with Crippen LogP contribution in [0.2, 0.25) is 0 Å². The zero-order chi connectivity index (χ0) is 18.1. The van der Waals surface area contributed by atoms with E-state index in [1.54, 1.807) is 7.11 Å². The summed E-state index contributed by atoms with van der Waals surface area (Å²) in [5.74, 6) is 0.917. The second-order valence-corrected chi connectivity index (χ2v) is 6.43. The molecular formula is C19H30ClN3O3. The largest absolute Gasteiger partial charge is 0.497 e. The second-order valence-electron chi connectivity index (χ2n) is 6.43. The van der Waals surface area contributed by atoms with Crippen molar-refractivity contribution in [1.29, 1.82) is 0 Å². The molecule has 2 amide bonds. The number of likely N-dealkylation sites (tertiary alicyclic amines) is 1. The summed E-state index contributed by atoms with van der Waals surface area (Å²) in [7, 11) is 1.64. The molecule has 26 heavy (non-hydrogen) atoms. The Labute approximate surface area is 161 Å². The normalized spacial score (nSPS) is 16.5. The topological polar surface area (TPSA) is 84.7 Å². The third-order valence-corrected chi connectivity index (χ3v) is 4.62. The van der Waals surface area contributed by atoms with Gasteiger partial charge in [0.2, 0.25) is 11.8 Å². The van der Waals surface area contributed by atoms with Gasteiger partial charge in [-0.05, 0) is 43.4 Å². The SMILES string of the molecule is COc1cccc(CCC(=O)N2CCCCC2CNC(=O)CCN)c1.Cl. The van der Waals surface area contributed by atoms with Crippen molar-refractivity contribution >= 4 is 24.2 Å². The fourth-order valence-corrected chi connectivity index (χ4v) is 3.22. The van der Waals surface area contributed by atoms with Crippen LogP contribution in [-0.4, -0.2) is 49.5 Å². The molecule has 0 radical (unpaired) electrons. The highest BCUT2D eigenvalue weighted by Gasteiger charge is 2.26. The first kappa shape index (κ1) is 22.3. The lowest BCUT2D eigenvalue weighted by Gasteiger charge is -2.36. The average molecular weight is 384 g/mol. The number of nitrogens with one attached hydrogen (secondary N) is 1. The van der Waals surface area contributed by atoms with Crippen LogP contribution < -0.4 is 15.8 Å². The fourth-order valence-electron chi connectivity index (χ4n) is 3.22. The lowest BCUT2D eigenvalue weighted by Crippen LogP contribution is -2.49. The first-order valence-electron chi connectivity index (χ1n) is 9.03. The Kier molecular flexibility index (Phi) is 10.1. The van der Waals surface area contributed by atoms with E-state index >= 15 is 0 Å². The Bertz CT molecular complexity index is 583. The molecule has 0 bridgehead atoms. The van der Waals surface area contributed by atoms with Crippen LogP contribution in [0, 0.1) is 0 Å². The molecule has 7 heteroatoms. The number of hydrogen-bond acceptors (Lipinski definition) is 4. The van der Waals surface area contributed by atoms with E-state index in [-0.39, 0.29) is 30.3 Å². The molecule has 3 N–H and O–H groups in total. The molecule has 1 heterocycles. The summed E-state index contributed by atoms with van der Waals surface area (Å²) in [5.41, 5.74) is 6.49. The molecule has 1 fully saturated rings. The number of methoxy groups -OCH3 is 1. The van der Waals surface area contributed by atoms with Crippen molar-refractivity contribution in [3.8, 4) is 5.75 Å². The molecule has 1 aliphatic rings. The molecule has 1 atom stereocenters. The summed E-state index contributed by atoms with van der Waals surface area (Å²) < 4.78 is 5.22. The Morgan fingerprint density at radius 1 is 1.31 bits per heavy atom. The molecule has 6 nitrogen and oxygen atoms in total. The van der Waals surface area contributed by atoms with E-state index in [1.165, 1.54) is 0 Å². The number of carbonyl (C=O) groups is 2. The maximum atomic E-state index is 12.7. The Morgan fingerprint density at radius 3 is 2.85 bits per heavy atom. The number of ether oxygens (including phenoxy) is 1. The van der Waals surface area contributed by atoms with Gasteiger partial charge in [-0.25, -0.2) is 0 Å². The molecule has 146 valence electrons. The number of halogens is 1. The minimum absolute atomic E-state index is 0. The van der Waals surface area contributed by atoms with Gasteiger partial charge in [-0.15, -0.1) is 12.4 Å². The number of piperidine rings is 1. The minimum atomic E-state index is -0.0446. The van der Waals surface area contributed by atoms with Crippen LogP contribution in [0.5, 0.6) is 5.75 Å². The second kappa shape index (κ2) is 11.8. The monoisotopic (exact) mass is 383 g/mol. The van der Waals surface area contributed by atoms with E-state index in [0.29, 0.717) is 32.4 Å². The van der Waals surface area contributed by atoms with Crippen LogP contribution in [-0.2, 0) is 16.0 Å². The molecule has 1 aliphatic heterocycles. The van der Waals surface area contributed by atoms with Gasteiger partial charge in [0.1, 0.15) is 5.75 Å². The number of carbonyl (C=O) groups excluding carboxylic acids is 2. The summed E-state index contributed by atoms with van der Waals surface area (Å²) in [4.78, 5) is 26.2. The lowest BCUT2D eigenvalue weighted by molar-refractivity contribution is -0.135. The molecule has 1 unspecified atom stereocenters.